The molecule has 0 unspecified atom stereocenters. The van der Waals surface area contributed by atoms with E-state index in [-0.39, 0.29) is 11.9 Å². The highest BCUT2D eigenvalue weighted by Gasteiger charge is 2.20. The van der Waals surface area contributed by atoms with Crippen LogP contribution in [0.1, 0.15) is 48.6 Å². The smallest absolute Gasteiger partial charge is 0.261 e. The van der Waals surface area contributed by atoms with Crippen molar-refractivity contribution in [2.75, 3.05) is 0 Å². The van der Waals surface area contributed by atoms with Crippen molar-refractivity contribution in [2.45, 2.75) is 53.2 Å². The summed E-state index contributed by atoms with van der Waals surface area (Å²) in [6.07, 6.45) is 0.303. The molecule has 0 aromatic heterocycles. The van der Waals surface area contributed by atoms with Gasteiger partial charge in [-0.05, 0) is 62.4 Å². The third-order valence-corrected chi connectivity index (χ3v) is 4.42. The molecule has 0 radical (unpaired) electrons. The Morgan fingerprint density at radius 1 is 1.04 bits per heavy atom. The van der Waals surface area contributed by atoms with Crippen LogP contribution in [0.15, 0.2) is 42.5 Å². The first-order chi connectivity index (χ1) is 11.4. The van der Waals surface area contributed by atoms with Gasteiger partial charge in [-0.25, -0.2) is 0 Å². The second-order valence-corrected chi connectivity index (χ2v) is 6.34. The zero-order chi connectivity index (χ0) is 17.7. The lowest BCUT2D eigenvalue weighted by Gasteiger charge is -2.22. The minimum absolute atomic E-state index is 0.000259. The number of amides is 1. The molecule has 0 aliphatic rings. The summed E-state index contributed by atoms with van der Waals surface area (Å²) in [6, 6.07) is 14.1. The summed E-state index contributed by atoms with van der Waals surface area (Å²) in [4.78, 5) is 12.5. The first kappa shape index (κ1) is 18.1. The number of para-hydroxylation sites is 1. The van der Waals surface area contributed by atoms with Gasteiger partial charge in [0.1, 0.15) is 5.75 Å². The summed E-state index contributed by atoms with van der Waals surface area (Å²) >= 11 is 0. The minimum Gasteiger partial charge on any atom is -0.481 e. The van der Waals surface area contributed by atoms with E-state index in [1.165, 1.54) is 11.1 Å². The summed E-state index contributed by atoms with van der Waals surface area (Å²) in [5.74, 6) is 0.655. The standard InChI is InChI=1S/C21H27NO2/c1-6-19(18-12-11-14(2)16(4)13-18)22-21(23)17(5)24-20-10-8-7-9-15(20)3/h7-13,17,19H,6H2,1-5H3,(H,22,23)/t17-,19+/m0/s1. The molecule has 24 heavy (non-hydrogen) atoms. The van der Waals surface area contributed by atoms with Crippen LogP contribution in [-0.4, -0.2) is 12.0 Å². The van der Waals surface area contributed by atoms with Crippen LogP contribution in [0.4, 0.5) is 0 Å². The number of rotatable bonds is 6. The molecule has 0 fully saturated rings. The Hall–Kier alpha value is -2.29. The van der Waals surface area contributed by atoms with Crippen LogP contribution in [0.3, 0.4) is 0 Å². The molecule has 0 spiro atoms. The molecular formula is C21H27NO2. The maximum Gasteiger partial charge on any atom is 0.261 e. The van der Waals surface area contributed by atoms with E-state index in [2.05, 4.69) is 44.3 Å². The summed E-state index contributed by atoms with van der Waals surface area (Å²) < 4.78 is 5.82. The van der Waals surface area contributed by atoms with E-state index in [0.717, 1.165) is 23.3 Å². The zero-order valence-electron chi connectivity index (χ0n) is 15.2. The fourth-order valence-electron chi connectivity index (χ4n) is 2.62. The maximum absolute atomic E-state index is 12.5. The van der Waals surface area contributed by atoms with Crippen LogP contribution >= 0.6 is 0 Å². The molecule has 2 aromatic carbocycles. The Morgan fingerprint density at radius 3 is 2.38 bits per heavy atom. The third kappa shape index (κ3) is 4.38. The Morgan fingerprint density at radius 2 is 1.75 bits per heavy atom. The van der Waals surface area contributed by atoms with E-state index >= 15 is 0 Å². The molecule has 1 amide bonds. The molecule has 3 heteroatoms. The van der Waals surface area contributed by atoms with Gasteiger partial charge in [-0.15, -0.1) is 0 Å². The quantitative estimate of drug-likeness (QED) is 0.840. The van der Waals surface area contributed by atoms with Crippen molar-refractivity contribution in [2.24, 2.45) is 0 Å². The maximum atomic E-state index is 12.5. The Bertz CT molecular complexity index is 709. The number of nitrogens with one attached hydrogen (secondary N) is 1. The molecule has 0 aliphatic heterocycles. The number of hydrogen-bond donors (Lipinski definition) is 1. The fraction of sp³-hybridized carbons (Fsp3) is 0.381. The molecule has 0 bridgehead atoms. The molecule has 2 aromatic rings. The van der Waals surface area contributed by atoms with Crippen molar-refractivity contribution < 1.29 is 9.53 Å². The predicted octanol–water partition coefficient (Wildman–Crippen LogP) is 4.65. The number of aryl methyl sites for hydroxylation is 3. The summed E-state index contributed by atoms with van der Waals surface area (Å²) in [5.41, 5.74) is 4.66. The van der Waals surface area contributed by atoms with Gasteiger partial charge in [0, 0.05) is 0 Å². The van der Waals surface area contributed by atoms with Crippen molar-refractivity contribution in [1.82, 2.24) is 5.32 Å². The van der Waals surface area contributed by atoms with Gasteiger partial charge in [0.15, 0.2) is 6.10 Å². The third-order valence-electron chi connectivity index (χ3n) is 4.42. The molecule has 2 rings (SSSR count). The molecule has 0 saturated heterocycles. The highest BCUT2D eigenvalue weighted by Crippen LogP contribution is 2.21. The van der Waals surface area contributed by atoms with E-state index < -0.39 is 6.10 Å². The number of benzene rings is 2. The number of carbonyl (C=O) groups excluding carboxylic acids is 1. The van der Waals surface area contributed by atoms with Gasteiger partial charge in [0.25, 0.3) is 5.91 Å². The van der Waals surface area contributed by atoms with E-state index in [1.807, 2.05) is 31.2 Å². The average molecular weight is 325 g/mol. The van der Waals surface area contributed by atoms with Crippen molar-refractivity contribution >= 4 is 5.91 Å². The molecule has 128 valence electrons. The molecule has 0 aliphatic carbocycles. The van der Waals surface area contributed by atoms with Crippen LogP contribution in [0.5, 0.6) is 5.75 Å². The van der Waals surface area contributed by atoms with Gasteiger partial charge in [0.2, 0.25) is 0 Å². The number of hydrogen-bond acceptors (Lipinski definition) is 2. The monoisotopic (exact) mass is 325 g/mol. The van der Waals surface area contributed by atoms with Gasteiger partial charge in [-0.3, -0.25) is 4.79 Å². The highest BCUT2D eigenvalue weighted by molar-refractivity contribution is 5.81. The van der Waals surface area contributed by atoms with Gasteiger partial charge >= 0.3 is 0 Å². The lowest BCUT2D eigenvalue weighted by Crippen LogP contribution is -2.38. The molecule has 1 N–H and O–H groups in total. The first-order valence-corrected chi connectivity index (χ1v) is 8.52. The lowest BCUT2D eigenvalue weighted by atomic mass is 9.99. The van der Waals surface area contributed by atoms with Crippen LogP contribution in [0, 0.1) is 20.8 Å². The van der Waals surface area contributed by atoms with Gasteiger partial charge in [0.05, 0.1) is 6.04 Å². The molecule has 3 nitrogen and oxygen atoms in total. The lowest BCUT2D eigenvalue weighted by molar-refractivity contribution is -0.128. The molecule has 0 saturated carbocycles. The van der Waals surface area contributed by atoms with Crippen molar-refractivity contribution in [3.8, 4) is 5.75 Å². The second-order valence-electron chi connectivity index (χ2n) is 6.34. The van der Waals surface area contributed by atoms with Crippen molar-refractivity contribution in [1.29, 1.82) is 0 Å². The van der Waals surface area contributed by atoms with Crippen molar-refractivity contribution in [3.63, 3.8) is 0 Å². The highest BCUT2D eigenvalue weighted by atomic mass is 16.5. The molecule has 2 atom stereocenters. The Kier molecular flexibility index (Phi) is 6.02. The van der Waals surface area contributed by atoms with Gasteiger partial charge < -0.3 is 10.1 Å². The van der Waals surface area contributed by atoms with Gasteiger partial charge in [-0.1, -0.05) is 43.3 Å². The predicted molar refractivity (Wildman–Crippen MR) is 98.4 cm³/mol. The van der Waals surface area contributed by atoms with Crippen molar-refractivity contribution in [3.05, 3.63) is 64.7 Å². The fourth-order valence-corrected chi connectivity index (χ4v) is 2.62. The largest absolute Gasteiger partial charge is 0.481 e. The summed E-state index contributed by atoms with van der Waals surface area (Å²) in [5, 5.41) is 3.11. The Balaban J connectivity index is 2.05. The normalized spacial score (nSPS) is 13.2. The van der Waals surface area contributed by atoms with Crippen LogP contribution in [0.25, 0.3) is 0 Å². The SMILES string of the molecule is CC[C@@H](NC(=O)[C@H](C)Oc1ccccc1C)c1ccc(C)c(C)c1. The summed E-state index contributed by atoms with van der Waals surface area (Å²) in [6.45, 7) is 10.0. The minimum atomic E-state index is -0.535. The number of carbonyl (C=O) groups is 1. The van der Waals surface area contributed by atoms with Crippen LogP contribution in [0.2, 0.25) is 0 Å². The summed E-state index contributed by atoms with van der Waals surface area (Å²) in [7, 11) is 0. The van der Waals surface area contributed by atoms with E-state index in [0.29, 0.717) is 0 Å². The average Bonchev–Trinajstić information content (AvgIpc) is 2.57. The van der Waals surface area contributed by atoms with Gasteiger partial charge in [-0.2, -0.15) is 0 Å². The van der Waals surface area contributed by atoms with E-state index in [4.69, 9.17) is 4.74 Å². The zero-order valence-corrected chi connectivity index (χ0v) is 15.2. The molecular weight excluding hydrogens is 298 g/mol. The topological polar surface area (TPSA) is 38.3 Å². The van der Waals surface area contributed by atoms with Crippen LogP contribution < -0.4 is 10.1 Å². The number of ether oxygens (including phenoxy) is 1. The van der Waals surface area contributed by atoms with E-state index in [1.54, 1.807) is 6.92 Å². The Labute approximate surface area is 145 Å². The van der Waals surface area contributed by atoms with Crippen LogP contribution in [-0.2, 0) is 4.79 Å². The first-order valence-electron chi connectivity index (χ1n) is 8.52. The second kappa shape index (κ2) is 8.00. The van der Waals surface area contributed by atoms with E-state index in [9.17, 15) is 4.79 Å². The molecule has 0 heterocycles.